The van der Waals surface area contributed by atoms with Crippen molar-refractivity contribution in [1.29, 1.82) is 0 Å². The minimum atomic E-state index is -0.248. The smallest absolute Gasteiger partial charge is 0.272 e. The second kappa shape index (κ2) is 9.56. The number of nitrogens with one attached hydrogen (secondary N) is 2. The number of aromatic nitrogens is 1. The van der Waals surface area contributed by atoms with Crippen LogP contribution in [0.25, 0.3) is 10.9 Å². The molecule has 2 aliphatic heterocycles. The Balaban J connectivity index is 1.33. The number of amides is 2. The number of nitrogens with zero attached hydrogens (tertiary/aromatic N) is 3. The lowest BCUT2D eigenvalue weighted by Crippen LogP contribution is -2.50. The quantitative estimate of drug-likeness (QED) is 0.596. The molecule has 0 bridgehead atoms. The normalized spacial score (nSPS) is 16.6. The molecule has 1 saturated heterocycles. The molecule has 3 aromatic rings. The molecule has 34 heavy (non-hydrogen) atoms. The van der Waals surface area contributed by atoms with E-state index in [9.17, 15) is 9.59 Å². The molecular formula is C25H28ClN5O3. The molecule has 0 aliphatic carbocycles. The van der Waals surface area contributed by atoms with Gasteiger partial charge in [-0.25, -0.2) is 0 Å². The fraction of sp³-hybridized carbons (Fsp3) is 0.360. The van der Waals surface area contributed by atoms with Gasteiger partial charge in [-0.2, -0.15) is 0 Å². The fourth-order valence-corrected chi connectivity index (χ4v) is 4.61. The van der Waals surface area contributed by atoms with Gasteiger partial charge in [0.1, 0.15) is 11.4 Å². The molecule has 178 valence electrons. The van der Waals surface area contributed by atoms with Gasteiger partial charge in [-0.3, -0.25) is 9.59 Å². The van der Waals surface area contributed by atoms with E-state index in [0.29, 0.717) is 36.1 Å². The predicted octanol–water partition coefficient (Wildman–Crippen LogP) is 3.44. The van der Waals surface area contributed by atoms with Gasteiger partial charge < -0.3 is 29.7 Å². The van der Waals surface area contributed by atoms with E-state index in [0.717, 1.165) is 54.9 Å². The van der Waals surface area contributed by atoms with Crippen molar-refractivity contribution >= 4 is 45.7 Å². The number of aromatic amines is 1. The summed E-state index contributed by atoms with van der Waals surface area (Å²) in [6.45, 7) is 4.88. The van der Waals surface area contributed by atoms with Crippen LogP contribution in [0.5, 0.6) is 5.75 Å². The Kier molecular flexibility index (Phi) is 6.34. The van der Waals surface area contributed by atoms with Gasteiger partial charge in [0.15, 0.2) is 0 Å². The number of likely N-dealkylation sites (N-methyl/N-ethyl adjacent to an activating group) is 1. The predicted molar refractivity (Wildman–Crippen MR) is 134 cm³/mol. The monoisotopic (exact) mass is 481 g/mol. The van der Waals surface area contributed by atoms with Crippen LogP contribution in [0.3, 0.4) is 0 Å². The average Bonchev–Trinajstić information content (AvgIpc) is 3.15. The number of piperazine rings is 1. The van der Waals surface area contributed by atoms with Gasteiger partial charge in [0.2, 0.25) is 5.91 Å². The molecule has 0 spiro atoms. The van der Waals surface area contributed by atoms with Gasteiger partial charge in [0, 0.05) is 54.3 Å². The maximum absolute atomic E-state index is 13.0. The molecule has 0 atom stereocenters. The third-order valence-corrected chi connectivity index (χ3v) is 6.63. The molecule has 0 radical (unpaired) electrons. The van der Waals surface area contributed by atoms with Gasteiger partial charge >= 0.3 is 0 Å². The molecule has 0 unspecified atom stereocenters. The SMILES string of the molecule is CN1CCN(C(=O)CN2CCCOc3ccc(NC(=O)c4cc5cc(Cl)ccc5[nH]4)cc32)CC1. The molecule has 2 amide bonds. The van der Waals surface area contributed by atoms with Crippen molar-refractivity contribution in [2.24, 2.45) is 0 Å². The molecule has 2 aliphatic rings. The molecule has 9 heteroatoms. The van der Waals surface area contributed by atoms with Gasteiger partial charge in [-0.1, -0.05) is 11.6 Å². The van der Waals surface area contributed by atoms with E-state index in [1.54, 1.807) is 12.1 Å². The molecular weight excluding hydrogens is 454 g/mol. The highest BCUT2D eigenvalue weighted by Crippen LogP contribution is 2.34. The van der Waals surface area contributed by atoms with Crippen LogP contribution >= 0.6 is 11.6 Å². The Labute approximate surface area is 203 Å². The molecule has 1 fully saturated rings. The van der Waals surface area contributed by atoms with Gasteiger partial charge in [0.25, 0.3) is 5.91 Å². The van der Waals surface area contributed by atoms with Gasteiger partial charge in [-0.15, -0.1) is 0 Å². The third-order valence-electron chi connectivity index (χ3n) is 6.40. The minimum absolute atomic E-state index is 0.118. The lowest BCUT2D eigenvalue weighted by molar-refractivity contribution is -0.131. The number of H-pyrrole nitrogens is 1. The number of hydrogen-bond acceptors (Lipinski definition) is 5. The summed E-state index contributed by atoms with van der Waals surface area (Å²) in [7, 11) is 2.07. The fourth-order valence-electron chi connectivity index (χ4n) is 4.43. The van der Waals surface area contributed by atoms with E-state index < -0.39 is 0 Å². The number of anilines is 2. The summed E-state index contributed by atoms with van der Waals surface area (Å²) in [4.78, 5) is 35.3. The largest absolute Gasteiger partial charge is 0.491 e. The number of halogens is 1. The Morgan fingerprint density at radius 3 is 2.71 bits per heavy atom. The number of carbonyl (C=O) groups excluding carboxylic acids is 2. The summed E-state index contributed by atoms with van der Waals surface area (Å²) in [5, 5.41) is 4.46. The summed E-state index contributed by atoms with van der Waals surface area (Å²) in [5.74, 6) is 0.593. The number of benzene rings is 2. The zero-order chi connectivity index (χ0) is 23.7. The van der Waals surface area contributed by atoms with Crippen molar-refractivity contribution in [3.05, 3.63) is 53.2 Å². The first-order chi connectivity index (χ1) is 16.5. The number of fused-ring (bicyclic) bond motifs is 2. The highest BCUT2D eigenvalue weighted by Gasteiger charge is 2.24. The van der Waals surface area contributed by atoms with Crippen molar-refractivity contribution in [1.82, 2.24) is 14.8 Å². The lowest BCUT2D eigenvalue weighted by Gasteiger charge is -2.34. The second-order valence-corrected chi connectivity index (χ2v) is 9.30. The third kappa shape index (κ3) is 4.83. The molecule has 8 nitrogen and oxygen atoms in total. The maximum Gasteiger partial charge on any atom is 0.272 e. The van der Waals surface area contributed by atoms with E-state index in [-0.39, 0.29) is 11.8 Å². The number of carbonyl (C=O) groups is 2. The highest BCUT2D eigenvalue weighted by molar-refractivity contribution is 6.31. The van der Waals surface area contributed by atoms with E-state index in [2.05, 4.69) is 27.1 Å². The first kappa shape index (κ1) is 22.6. The number of rotatable bonds is 4. The topological polar surface area (TPSA) is 80.9 Å². The average molecular weight is 482 g/mol. The summed E-state index contributed by atoms with van der Waals surface area (Å²) in [6, 6.07) is 12.8. The minimum Gasteiger partial charge on any atom is -0.491 e. The Morgan fingerprint density at radius 1 is 1.06 bits per heavy atom. The first-order valence-corrected chi connectivity index (χ1v) is 11.9. The van der Waals surface area contributed by atoms with Crippen molar-refractivity contribution in [2.75, 3.05) is 63.1 Å². The summed E-state index contributed by atoms with van der Waals surface area (Å²) >= 11 is 6.06. The van der Waals surface area contributed by atoms with Crippen molar-refractivity contribution in [3.63, 3.8) is 0 Å². The Morgan fingerprint density at radius 2 is 1.88 bits per heavy atom. The van der Waals surface area contributed by atoms with E-state index >= 15 is 0 Å². The van der Waals surface area contributed by atoms with Crippen LogP contribution < -0.4 is 15.0 Å². The van der Waals surface area contributed by atoms with Gasteiger partial charge in [0.05, 0.1) is 18.8 Å². The Bertz CT molecular complexity index is 1220. The molecule has 3 heterocycles. The van der Waals surface area contributed by atoms with Crippen molar-refractivity contribution < 1.29 is 14.3 Å². The van der Waals surface area contributed by atoms with Gasteiger partial charge in [-0.05, 0) is 55.9 Å². The second-order valence-electron chi connectivity index (χ2n) is 8.86. The lowest BCUT2D eigenvalue weighted by atomic mass is 10.2. The molecule has 2 N–H and O–H groups in total. The van der Waals surface area contributed by atoms with E-state index in [1.807, 2.05) is 35.2 Å². The number of hydrogen-bond donors (Lipinski definition) is 2. The van der Waals surface area contributed by atoms with Crippen LogP contribution in [0.15, 0.2) is 42.5 Å². The van der Waals surface area contributed by atoms with Crippen LogP contribution in [0.4, 0.5) is 11.4 Å². The molecule has 1 aromatic heterocycles. The van der Waals surface area contributed by atoms with E-state index in [1.165, 1.54) is 0 Å². The zero-order valence-electron chi connectivity index (χ0n) is 19.1. The van der Waals surface area contributed by atoms with E-state index in [4.69, 9.17) is 16.3 Å². The van der Waals surface area contributed by atoms with Crippen LogP contribution in [0.1, 0.15) is 16.9 Å². The maximum atomic E-state index is 13.0. The standard InChI is InChI=1S/C25H28ClN5O3/c1-29-8-10-30(11-9-29)24(32)16-31-7-2-12-34-23-6-4-19(15-22(23)31)27-25(33)21-14-17-13-18(26)3-5-20(17)28-21/h3-6,13-15,28H,2,7-12,16H2,1H3,(H,27,33). The zero-order valence-corrected chi connectivity index (χ0v) is 19.9. The van der Waals surface area contributed by atoms with Crippen molar-refractivity contribution in [3.8, 4) is 5.75 Å². The van der Waals surface area contributed by atoms with Crippen LogP contribution in [0.2, 0.25) is 5.02 Å². The Hall–Kier alpha value is -3.23. The molecule has 5 rings (SSSR count). The van der Waals surface area contributed by atoms with Crippen LogP contribution in [-0.4, -0.2) is 79.5 Å². The summed E-state index contributed by atoms with van der Waals surface area (Å²) in [5.41, 5.74) is 2.76. The first-order valence-electron chi connectivity index (χ1n) is 11.5. The number of ether oxygens (including phenoxy) is 1. The summed E-state index contributed by atoms with van der Waals surface area (Å²) in [6.07, 6.45) is 0.823. The van der Waals surface area contributed by atoms with Crippen LogP contribution in [-0.2, 0) is 4.79 Å². The highest BCUT2D eigenvalue weighted by atomic mass is 35.5. The van der Waals surface area contributed by atoms with Crippen LogP contribution in [0, 0.1) is 0 Å². The summed E-state index contributed by atoms with van der Waals surface area (Å²) < 4.78 is 5.91. The molecule has 0 saturated carbocycles. The van der Waals surface area contributed by atoms with Crippen molar-refractivity contribution in [2.45, 2.75) is 6.42 Å². The molecule has 2 aromatic carbocycles.